The van der Waals surface area contributed by atoms with Crippen molar-refractivity contribution in [1.82, 2.24) is 5.06 Å². The van der Waals surface area contributed by atoms with Crippen LogP contribution in [0.15, 0.2) is 0 Å². The van der Waals surface area contributed by atoms with E-state index in [0.29, 0.717) is 6.54 Å². The first-order chi connectivity index (χ1) is 3.77. The van der Waals surface area contributed by atoms with Crippen molar-refractivity contribution in [3.8, 4) is 0 Å². The average molecular weight is 116 g/mol. The van der Waals surface area contributed by atoms with E-state index in [1.807, 2.05) is 0 Å². The molecule has 0 aliphatic rings. The number of nitrogens with zero attached hydrogens (tertiary/aromatic N) is 1. The van der Waals surface area contributed by atoms with Gasteiger partial charge in [-0.1, -0.05) is 19.8 Å². The monoisotopic (exact) mass is 116 g/mol. The molecule has 2 nitrogen and oxygen atoms in total. The molecule has 50 valence electrons. The van der Waals surface area contributed by atoms with Crippen molar-refractivity contribution >= 4 is 0 Å². The van der Waals surface area contributed by atoms with Crippen LogP contribution >= 0.6 is 0 Å². The van der Waals surface area contributed by atoms with Crippen LogP contribution in [-0.2, 0) is 0 Å². The summed E-state index contributed by atoms with van der Waals surface area (Å²) in [7, 11) is 1.57. The van der Waals surface area contributed by atoms with E-state index in [1.54, 1.807) is 7.05 Å². The Morgan fingerprint density at radius 1 is 1.38 bits per heavy atom. The van der Waals surface area contributed by atoms with E-state index in [0.717, 1.165) is 11.5 Å². The van der Waals surface area contributed by atoms with Gasteiger partial charge in [-0.15, -0.1) is 0 Å². The first kappa shape index (κ1) is 7.92. The van der Waals surface area contributed by atoms with Gasteiger partial charge in [0.15, 0.2) is 0 Å². The molecule has 0 bridgehead atoms. The van der Waals surface area contributed by atoms with E-state index in [2.05, 4.69) is 6.92 Å². The highest BCUT2D eigenvalue weighted by molar-refractivity contribution is 4.47. The highest BCUT2D eigenvalue weighted by atomic mass is 16.5. The Morgan fingerprint density at radius 3 is 2.38 bits per heavy atom. The van der Waals surface area contributed by atoms with Crippen LogP contribution in [-0.4, -0.2) is 18.7 Å². The maximum Gasteiger partial charge on any atom is -0.0147 e. The van der Waals surface area contributed by atoms with Crippen molar-refractivity contribution in [2.75, 3.05) is 13.6 Å². The molecule has 0 spiro atoms. The lowest BCUT2D eigenvalue weighted by Crippen LogP contribution is -2.09. The number of hydroxylamine groups is 2. The van der Waals surface area contributed by atoms with Crippen LogP contribution in [0.5, 0.6) is 0 Å². The molecule has 0 amide bonds. The Balaban J connectivity index is 2.72. The standard InChI is InChI=1S/C6H14NO/c1-3-4-5-6-7(2)8/h3-6H2,1-2H3/q-1. The molecular formula is C6H14NO-. The number of hydrogen-bond acceptors (Lipinski definition) is 2. The lowest BCUT2D eigenvalue weighted by atomic mass is 10.2. The smallest absolute Gasteiger partial charge is 0.0147 e. The fourth-order valence-corrected chi connectivity index (χ4v) is 0.584. The van der Waals surface area contributed by atoms with Crippen molar-refractivity contribution < 1.29 is 0 Å². The molecule has 0 unspecified atom stereocenters. The minimum atomic E-state index is 0.688. The summed E-state index contributed by atoms with van der Waals surface area (Å²) in [6, 6.07) is 0. The SMILES string of the molecule is CCCCCN(C)[O-]. The predicted molar refractivity (Wildman–Crippen MR) is 35.5 cm³/mol. The maximum atomic E-state index is 10.2. The van der Waals surface area contributed by atoms with Crippen LogP contribution in [0.25, 0.3) is 0 Å². The molecule has 0 aliphatic carbocycles. The van der Waals surface area contributed by atoms with Crippen LogP contribution in [0.4, 0.5) is 0 Å². The van der Waals surface area contributed by atoms with E-state index in [-0.39, 0.29) is 0 Å². The molecule has 0 radical (unpaired) electrons. The summed E-state index contributed by atoms with van der Waals surface area (Å²) in [5.41, 5.74) is 0. The summed E-state index contributed by atoms with van der Waals surface area (Å²) in [4.78, 5) is 0. The lowest BCUT2D eigenvalue weighted by Gasteiger charge is -2.20. The molecule has 0 aromatic carbocycles. The van der Waals surface area contributed by atoms with Crippen molar-refractivity contribution in [1.29, 1.82) is 0 Å². The van der Waals surface area contributed by atoms with Gasteiger partial charge in [-0.2, -0.15) is 0 Å². The second-order valence-electron chi connectivity index (χ2n) is 2.06. The minimum absolute atomic E-state index is 0.688. The fraction of sp³-hybridized carbons (Fsp3) is 1.00. The van der Waals surface area contributed by atoms with E-state index in [9.17, 15) is 5.21 Å². The van der Waals surface area contributed by atoms with Crippen molar-refractivity contribution in [2.24, 2.45) is 0 Å². The number of unbranched alkanes of at least 4 members (excludes halogenated alkanes) is 2. The molecule has 0 aromatic heterocycles. The lowest BCUT2D eigenvalue weighted by molar-refractivity contribution is 0.437. The van der Waals surface area contributed by atoms with E-state index < -0.39 is 0 Å². The molecule has 0 saturated heterocycles. The van der Waals surface area contributed by atoms with Gasteiger partial charge in [0, 0.05) is 0 Å². The van der Waals surface area contributed by atoms with Crippen molar-refractivity contribution in [3.63, 3.8) is 0 Å². The van der Waals surface area contributed by atoms with Crippen LogP contribution in [0.2, 0.25) is 0 Å². The highest BCUT2D eigenvalue weighted by Gasteiger charge is 1.82. The van der Waals surface area contributed by atoms with Gasteiger partial charge >= 0.3 is 0 Å². The summed E-state index contributed by atoms with van der Waals surface area (Å²) in [5, 5.41) is 11.2. The highest BCUT2D eigenvalue weighted by Crippen LogP contribution is 1.93. The topological polar surface area (TPSA) is 26.3 Å². The molecule has 0 N–H and O–H groups in total. The molecular weight excluding hydrogens is 102 g/mol. The zero-order valence-corrected chi connectivity index (χ0v) is 5.68. The second-order valence-corrected chi connectivity index (χ2v) is 2.06. The van der Waals surface area contributed by atoms with Gasteiger partial charge in [-0.05, 0) is 20.0 Å². The number of hydrogen-bond donors (Lipinski definition) is 0. The average Bonchev–Trinajstić information content (AvgIpc) is 1.66. The molecule has 0 atom stereocenters. The summed E-state index contributed by atoms with van der Waals surface area (Å²) >= 11 is 0. The third-order valence-electron chi connectivity index (χ3n) is 1.08. The summed E-state index contributed by atoms with van der Waals surface area (Å²) in [6.45, 7) is 2.82. The molecule has 0 aliphatic heterocycles. The van der Waals surface area contributed by atoms with Gasteiger partial charge in [0.2, 0.25) is 0 Å². The van der Waals surface area contributed by atoms with E-state index in [4.69, 9.17) is 0 Å². The van der Waals surface area contributed by atoms with Crippen molar-refractivity contribution in [2.45, 2.75) is 26.2 Å². The third-order valence-corrected chi connectivity index (χ3v) is 1.08. The predicted octanol–water partition coefficient (Wildman–Crippen LogP) is 1.61. The number of rotatable bonds is 4. The first-order valence-electron chi connectivity index (χ1n) is 3.15. The van der Waals surface area contributed by atoms with Crippen LogP contribution in [0.1, 0.15) is 26.2 Å². The Morgan fingerprint density at radius 2 is 2.00 bits per heavy atom. The zero-order chi connectivity index (χ0) is 6.41. The van der Waals surface area contributed by atoms with Gasteiger partial charge < -0.3 is 10.3 Å². The fourth-order valence-electron chi connectivity index (χ4n) is 0.584. The Kier molecular flexibility index (Phi) is 5.01. The summed E-state index contributed by atoms with van der Waals surface area (Å²) in [5.74, 6) is 0. The van der Waals surface area contributed by atoms with Gasteiger partial charge in [-0.3, -0.25) is 0 Å². The minimum Gasteiger partial charge on any atom is -0.785 e. The van der Waals surface area contributed by atoms with Gasteiger partial charge in [0.05, 0.1) is 0 Å². The molecule has 2 heteroatoms. The molecule has 0 saturated carbocycles. The third kappa shape index (κ3) is 5.92. The Hall–Kier alpha value is -0.0800. The normalized spacial score (nSPS) is 10.5. The van der Waals surface area contributed by atoms with Crippen LogP contribution < -0.4 is 0 Å². The molecule has 0 rings (SSSR count). The van der Waals surface area contributed by atoms with E-state index in [1.165, 1.54) is 12.8 Å². The quantitative estimate of drug-likeness (QED) is 0.412. The first-order valence-corrected chi connectivity index (χ1v) is 3.15. The largest absolute Gasteiger partial charge is 0.785 e. The Labute approximate surface area is 51.1 Å². The molecule has 0 aromatic rings. The molecule has 0 fully saturated rings. The summed E-state index contributed by atoms with van der Waals surface area (Å²) in [6.07, 6.45) is 3.40. The van der Waals surface area contributed by atoms with Crippen LogP contribution in [0, 0.1) is 5.21 Å². The second kappa shape index (κ2) is 5.06. The van der Waals surface area contributed by atoms with Gasteiger partial charge in [0.25, 0.3) is 0 Å². The maximum absolute atomic E-state index is 10.2. The van der Waals surface area contributed by atoms with Crippen LogP contribution in [0.3, 0.4) is 0 Å². The van der Waals surface area contributed by atoms with E-state index >= 15 is 0 Å². The molecule has 8 heavy (non-hydrogen) atoms. The van der Waals surface area contributed by atoms with Crippen molar-refractivity contribution in [3.05, 3.63) is 5.21 Å². The summed E-state index contributed by atoms with van der Waals surface area (Å²) < 4.78 is 0. The van der Waals surface area contributed by atoms with Gasteiger partial charge in [0.1, 0.15) is 0 Å². The van der Waals surface area contributed by atoms with Gasteiger partial charge in [-0.25, -0.2) is 0 Å². The molecule has 0 heterocycles. The Bertz CT molecular complexity index is 45.8. The zero-order valence-electron chi connectivity index (χ0n) is 5.68.